The van der Waals surface area contributed by atoms with Gasteiger partial charge in [0.15, 0.2) is 10.7 Å². The highest BCUT2D eigenvalue weighted by Crippen LogP contribution is 2.28. The molecule has 170 valence electrons. The zero-order chi connectivity index (χ0) is 23.3. The Morgan fingerprint density at radius 1 is 1.12 bits per heavy atom. The Bertz CT molecular complexity index is 1090. The summed E-state index contributed by atoms with van der Waals surface area (Å²) < 4.78 is 11.9. The number of nitrogens with one attached hydrogen (secondary N) is 1. The van der Waals surface area contributed by atoms with Crippen molar-refractivity contribution in [3.8, 4) is 5.75 Å². The Labute approximate surface area is 192 Å². The van der Waals surface area contributed by atoms with Crippen molar-refractivity contribution in [3.63, 3.8) is 0 Å². The van der Waals surface area contributed by atoms with Gasteiger partial charge >= 0.3 is 12.0 Å². The largest absolute Gasteiger partial charge is 0.476 e. The van der Waals surface area contributed by atoms with Crippen molar-refractivity contribution in [2.75, 3.05) is 23.4 Å². The highest BCUT2D eigenvalue weighted by atomic mass is 32.1. The molecular weight excluding hydrogens is 426 g/mol. The monoisotopic (exact) mass is 455 g/mol. The first kappa shape index (κ1) is 23.5. The predicted molar refractivity (Wildman–Crippen MR) is 129 cm³/mol. The van der Waals surface area contributed by atoms with Gasteiger partial charge in [-0.2, -0.15) is 0 Å². The van der Waals surface area contributed by atoms with E-state index in [2.05, 4.69) is 16.4 Å². The molecule has 0 saturated carbocycles. The smallest absolute Gasteiger partial charge is 0.349 e. The molecule has 0 unspecified atom stereocenters. The Hall–Kier alpha value is -3.13. The van der Waals surface area contributed by atoms with Crippen LogP contribution in [0.25, 0.3) is 10.2 Å². The maximum Gasteiger partial charge on any atom is 0.349 e. The summed E-state index contributed by atoms with van der Waals surface area (Å²) in [4.78, 5) is 31.2. The number of rotatable bonds is 8. The molecule has 0 aliphatic carbocycles. The predicted octanol–water partition coefficient (Wildman–Crippen LogP) is 5.77. The van der Waals surface area contributed by atoms with Crippen molar-refractivity contribution >= 4 is 44.4 Å². The number of thiazole rings is 1. The molecule has 0 bridgehead atoms. The van der Waals surface area contributed by atoms with Gasteiger partial charge in [0.2, 0.25) is 0 Å². The van der Waals surface area contributed by atoms with Crippen molar-refractivity contribution in [2.24, 2.45) is 0 Å². The number of nitrogens with zero attached hydrogens (tertiary/aromatic N) is 2. The van der Waals surface area contributed by atoms with Crippen LogP contribution >= 0.6 is 11.3 Å². The third kappa shape index (κ3) is 5.56. The number of benzene rings is 2. The van der Waals surface area contributed by atoms with Crippen LogP contribution in [0.1, 0.15) is 39.7 Å². The Balaban J connectivity index is 1.74. The Kier molecular flexibility index (Phi) is 7.35. The van der Waals surface area contributed by atoms with E-state index in [9.17, 15) is 9.59 Å². The summed E-state index contributed by atoms with van der Waals surface area (Å²) in [5, 5.41) is 3.48. The molecule has 8 heteroatoms. The number of hydrogen-bond acceptors (Lipinski definition) is 6. The molecule has 2 amide bonds. The first-order valence-electron chi connectivity index (χ1n) is 10.7. The number of hydrogen-bond donors (Lipinski definition) is 1. The van der Waals surface area contributed by atoms with E-state index in [0.29, 0.717) is 24.0 Å². The lowest BCUT2D eigenvalue weighted by molar-refractivity contribution is -0.158. The molecule has 0 saturated heterocycles. The fourth-order valence-corrected chi connectivity index (χ4v) is 4.10. The van der Waals surface area contributed by atoms with Crippen molar-refractivity contribution in [2.45, 2.75) is 46.6 Å². The number of aryl methyl sites for hydroxylation is 1. The topological polar surface area (TPSA) is 80.8 Å². The highest BCUT2D eigenvalue weighted by molar-refractivity contribution is 7.22. The number of carbonyl (C=O) groups is 2. The summed E-state index contributed by atoms with van der Waals surface area (Å²) in [6.45, 7) is 9.96. The van der Waals surface area contributed by atoms with Gasteiger partial charge in [-0.3, -0.25) is 10.2 Å². The number of fused-ring (bicyclic) bond motifs is 1. The second kappa shape index (κ2) is 9.99. The number of esters is 1. The number of amides is 2. The van der Waals surface area contributed by atoms with Gasteiger partial charge in [-0.1, -0.05) is 24.3 Å². The van der Waals surface area contributed by atoms with Gasteiger partial charge in [0.1, 0.15) is 5.75 Å². The third-order valence-corrected chi connectivity index (χ3v) is 5.67. The summed E-state index contributed by atoms with van der Waals surface area (Å²) >= 11 is 1.45. The van der Waals surface area contributed by atoms with Crippen molar-refractivity contribution in [1.82, 2.24) is 4.98 Å². The minimum atomic E-state index is -1.11. The molecule has 1 N–H and O–H groups in total. The van der Waals surface area contributed by atoms with Gasteiger partial charge in [0, 0.05) is 12.2 Å². The number of anilines is 2. The Morgan fingerprint density at radius 3 is 2.50 bits per heavy atom. The molecule has 3 rings (SSSR count). The fourth-order valence-electron chi connectivity index (χ4n) is 3.15. The normalized spacial score (nSPS) is 11.3. The van der Waals surface area contributed by atoms with E-state index in [4.69, 9.17) is 9.47 Å². The fraction of sp³-hybridized carbons (Fsp3) is 0.375. The Morgan fingerprint density at radius 2 is 1.84 bits per heavy atom. The average molecular weight is 456 g/mol. The van der Waals surface area contributed by atoms with Gasteiger partial charge in [0.25, 0.3) is 0 Å². The molecule has 0 aliphatic rings. The van der Waals surface area contributed by atoms with E-state index in [0.717, 1.165) is 27.9 Å². The number of aromatic nitrogens is 1. The zero-order valence-corrected chi connectivity index (χ0v) is 19.9. The summed E-state index contributed by atoms with van der Waals surface area (Å²) in [7, 11) is 0. The highest BCUT2D eigenvalue weighted by Gasteiger charge is 2.31. The first-order chi connectivity index (χ1) is 15.2. The van der Waals surface area contributed by atoms with Crippen LogP contribution in [0.4, 0.5) is 15.6 Å². The van der Waals surface area contributed by atoms with E-state index in [-0.39, 0.29) is 6.03 Å². The van der Waals surface area contributed by atoms with E-state index >= 15 is 0 Å². The third-order valence-electron chi connectivity index (χ3n) is 4.74. The zero-order valence-electron chi connectivity index (χ0n) is 19.1. The summed E-state index contributed by atoms with van der Waals surface area (Å²) in [6, 6.07) is 12.9. The van der Waals surface area contributed by atoms with E-state index < -0.39 is 11.6 Å². The maximum absolute atomic E-state index is 13.0. The van der Waals surface area contributed by atoms with E-state index in [1.807, 2.05) is 26.0 Å². The molecule has 1 heterocycles. The molecule has 3 aromatic rings. The molecule has 32 heavy (non-hydrogen) atoms. The van der Waals surface area contributed by atoms with Crippen LogP contribution < -0.4 is 15.0 Å². The van der Waals surface area contributed by atoms with Crippen LogP contribution in [-0.4, -0.2) is 35.7 Å². The molecule has 7 nitrogen and oxygen atoms in total. The van der Waals surface area contributed by atoms with Crippen LogP contribution in [-0.2, 0) is 9.53 Å². The van der Waals surface area contributed by atoms with Crippen LogP contribution in [0.2, 0.25) is 0 Å². The minimum Gasteiger partial charge on any atom is -0.476 e. The molecule has 0 spiro atoms. The number of ether oxygens (including phenoxy) is 2. The summed E-state index contributed by atoms with van der Waals surface area (Å²) in [6.07, 6.45) is 0.792. The van der Waals surface area contributed by atoms with Crippen molar-refractivity contribution < 1.29 is 19.1 Å². The van der Waals surface area contributed by atoms with E-state index in [1.165, 1.54) is 11.3 Å². The maximum atomic E-state index is 13.0. The molecule has 2 aromatic carbocycles. The summed E-state index contributed by atoms with van der Waals surface area (Å²) in [5.74, 6) is 0.0901. The molecular formula is C24H29N3O4S. The van der Waals surface area contributed by atoms with Gasteiger partial charge in [-0.25, -0.2) is 14.6 Å². The van der Waals surface area contributed by atoms with Crippen LogP contribution in [0.3, 0.4) is 0 Å². The molecule has 0 aliphatic heterocycles. The standard InChI is InChI=1S/C24H29N3O4S/c1-6-14-27(23(29)26-22-25-19-13-8-16(3)15-20(19)32-22)17-9-11-18(12-10-17)31-24(4,5)21(28)30-7-2/h8-13,15H,6-7,14H2,1-5H3,(H,25,26,29). The van der Waals surface area contributed by atoms with Crippen molar-refractivity contribution in [1.29, 1.82) is 0 Å². The molecule has 0 fully saturated rings. The molecule has 0 radical (unpaired) electrons. The minimum absolute atomic E-state index is 0.247. The van der Waals surface area contributed by atoms with Crippen LogP contribution in [0, 0.1) is 6.92 Å². The van der Waals surface area contributed by atoms with Crippen LogP contribution in [0.5, 0.6) is 5.75 Å². The van der Waals surface area contributed by atoms with E-state index in [1.54, 1.807) is 49.9 Å². The van der Waals surface area contributed by atoms with Gasteiger partial charge in [0.05, 0.1) is 16.8 Å². The summed E-state index contributed by atoms with van der Waals surface area (Å²) in [5.41, 5.74) is 1.63. The lowest BCUT2D eigenvalue weighted by Gasteiger charge is -2.25. The molecule has 0 atom stereocenters. The molecule has 1 aromatic heterocycles. The van der Waals surface area contributed by atoms with Crippen LogP contribution in [0.15, 0.2) is 42.5 Å². The lowest BCUT2D eigenvalue weighted by Crippen LogP contribution is -2.39. The second-order valence-corrected chi connectivity index (χ2v) is 8.93. The number of carbonyl (C=O) groups excluding carboxylic acids is 2. The average Bonchev–Trinajstić information content (AvgIpc) is 3.13. The van der Waals surface area contributed by atoms with Gasteiger partial charge in [-0.05, 0) is 76.1 Å². The SMILES string of the molecule is CCCN(C(=O)Nc1nc2ccc(C)cc2s1)c1ccc(OC(C)(C)C(=O)OCC)cc1. The second-order valence-electron chi connectivity index (χ2n) is 7.90. The van der Waals surface area contributed by atoms with Crippen molar-refractivity contribution in [3.05, 3.63) is 48.0 Å². The quantitative estimate of drug-likeness (QED) is 0.436. The lowest BCUT2D eigenvalue weighted by atomic mass is 10.1. The number of urea groups is 1. The van der Waals surface area contributed by atoms with Gasteiger partial charge in [-0.15, -0.1) is 0 Å². The van der Waals surface area contributed by atoms with Gasteiger partial charge < -0.3 is 9.47 Å². The first-order valence-corrected chi connectivity index (χ1v) is 11.5.